The molecule has 0 fully saturated rings. The number of pyridine rings is 1. The summed E-state index contributed by atoms with van der Waals surface area (Å²) in [6.07, 6.45) is 1.91. The Morgan fingerprint density at radius 3 is 1.65 bits per heavy atom. The summed E-state index contributed by atoms with van der Waals surface area (Å²) in [6.45, 7) is 2.13. The molecule has 2 aliphatic carbocycles. The molecule has 0 atom stereocenters. The van der Waals surface area contributed by atoms with Crippen molar-refractivity contribution in [3.63, 3.8) is 0 Å². The zero-order valence-electron chi connectivity index (χ0n) is 34.1. The van der Waals surface area contributed by atoms with Crippen LogP contribution in [0.1, 0.15) is 27.8 Å². The standard InChI is InChI=1S/C59H39N3/c1-38-32-33-60-55(34-38)47-25-9-8-22-44(47)42-30-31-48-53(36-42)59(50-27-12-10-23-45(50)46-24-11-13-28-51(46)59)52-29-15-26-49(57(48)52)56-37-54(40-18-6-3-7-19-40)61-58(62-56)43-21-14-20-41(35-43)39-16-4-2-5-17-39/h2-37H,1H3. The molecule has 0 aliphatic heterocycles. The molecule has 10 aromatic rings. The molecule has 3 nitrogen and oxygen atoms in total. The van der Waals surface area contributed by atoms with Crippen LogP contribution >= 0.6 is 0 Å². The molecule has 1 spiro atoms. The van der Waals surface area contributed by atoms with E-state index in [1.54, 1.807) is 0 Å². The Morgan fingerprint density at radius 1 is 0.323 bits per heavy atom. The van der Waals surface area contributed by atoms with Crippen molar-refractivity contribution < 1.29 is 0 Å². The summed E-state index contributed by atoms with van der Waals surface area (Å²) >= 11 is 0. The van der Waals surface area contributed by atoms with Crippen LogP contribution in [0.15, 0.2) is 219 Å². The molecule has 0 radical (unpaired) electrons. The zero-order chi connectivity index (χ0) is 41.2. The van der Waals surface area contributed by atoms with Gasteiger partial charge in [0.15, 0.2) is 5.82 Å². The Balaban J connectivity index is 1.13. The maximum atomic E-state index is 5.49. The van der Waals surface area contributed by atoms with Crippen molar-refractivity contribution in [2.24, 2.45) is 0 Å². The van der Waals surface area contributed by atoms with Crippen molar-refractivity contribution in [1.82, 2.24) is 15.0 Å². The molecule has 290 valence electrons. The van der Waals surface area contributed by atoms with Gasteiger partial charge in [-0.05, 0) is 110 Å². The summed E-state index contributed by atoms with van der Waals surface area (Å²) in [5, 5.41) is 0. The van der Waals surface area contributed by atoms with Gasteiger partial charge in [0.1, 0.15) is 0 Å². The smallest absolute Gasteiger partial charge is 0.160 e. The second kappa shape index (κ2) is 14.3. The summed E-state index contributed by atoms with van der Waals surface area (Å²) in [6, 6.07) is 76.6. The Hall–Kier alpha value is -8.01. The first-order chi connectivity index (χ1) is 30.6. The van der Waals surface area contributed by atoms with E-state index in [9.17, 15) is 0 Å². The first kappa shape index (κ1) is 35.9. The van der Waals surface area contributed by atoms with E-state index in [-0.39, 0.29) is 0 Å². The van der Waals surface area contributed by atoms with Crippen molar-refractivity contribution in [2.75, 3.05) is 0 Å². The number of rotatable bonds is 6. The van der Waals surface area contributed by atoms with E-state index in [0.717, 1.165) is 61.6 Å². The van der Waals surface area contributed by atoms with Gasteiger partial charge in [-0.15, -0.1) is 0 Å². The van der Waals surface area contributed by atoms with Crippen molar-refractivity contribution in [2.45, 2.75) is 12.3 Å². The van der Waals surface area contributed by atoms with E-state index < -0.39 is 5.41 Å². The van der Waals surface area contributed by atoms with Gasteiger partial charge >= 0.3 is 0 Å². The lowest BCUT2D eigenvalue weighted by Gasteiger charge is -2.31. The second-order valence-electron chi connectivity index (χ2n) is 16.4. The molecule has 62 heavy (non-hydrogen) atoms. The molecule has 0 amide bonds. The number of nitrogens with zero attached hydrogens (tertiary/aromatic N) is 3. The normalized spacial score (nSPS) is 12.7. The first-order valence-corrected chi connectivity index (χ1v) is 21.3. The lowest BCUT2D eigenvalue weighted by molar-refractivity contribution is 0.794. The molecule has 2 aliphatic rings. The molecule has 0 N–H and O–H groups in total. The average Bonchev–Trinajstić information content (AvgIpc) is 3.82. The highest BCUT2D eigenvalue weighted by Crippen LogP contribution is 2.64. The van der Waals surface area contributed by atoms with Crippen LogP contribution in [-0.2, 0) is 5.41 Å². The topological polar surface area (TPSA) is 38.7 Å². The van der Waals surface area contributed by atoms with Gasteiger partial charge in [0.25, 0.3) is 0 Å². The summed E-state index contributed by atoms with van der Waals surface area (Å²) in [5.74, 6) is 0.693. The van der Waals surface area contributed by atoms with Gasteiger partial charge in [-0.2, -0.15) is 0 Å². The summed E-state index contributed by atoms with van der Waals surface area (Å²) in [7, 11) is 0. The van der Waals surface area contributed by atoms with Crippen LogP contribution in [0.25, 0.3) is 89.7 Å². The van der Waals surface area contributed by atoms with E-state index in [1.165, 1.54) is 50.1 Å². The highest BCUT2D eigenvalue weighted by atomic mass is 14.9. The van der Waals surface area contributed by atoms with Gasteiger partial charge in [0, 0.05) is 28.5 Å². The van der Waals surface area contributed by atoms with Crippen molar-refractivity contribution >= 4 is 0 Å². The average molecular weight is 790 g/mol. The third-order valence-corrected chi connectivity index (χ3v) is 12.8. The maximum absolute atomic E-state index is 5.49. The second-order valence-corrected chi connectivity index (χ2v) is 16.4. The van der Waals surface area contributed by atoms with Gasteiger partial charge in [0.2, 0.25) is 0 Å². The van der Waals surface area contributed by atoms with Crippen LogP contribution in [-0.4, -0.2) is 15.0 Å². The lowest BCUT2D eigenvalue weighted by Crippen LogP contribution is -2.25. The molecule has 12 rings (SSSR count). The molecule has 3 heteroatoms. The van der Waals surface area contributed by atoms with E-state index in [1.807, 2.05) is 6.20 Å². The number of hydrogen-bond acceptors (Lipinski definition) is 3. The van der Waals surface area contributed by atoms with Crippen LogP contribution in [0.5, 0.6) is 0 Å². The molecular weight excluding hydrogens is 751 g/mol. The fraction of sp³-hybridized carbons (Fsp3) is 0.0339. The minimum atomic E-state index is -0.553. The molecule has 0 unspecified atom stereocenters. The Morgan fingerprint density at radius 2 is 0.903 bits per heavy atom. The van der Waals surface area contributed by atoms with E-state index in [4.69, 9.17) is 15.0 Å². The number of benzene rings is 8. The number of fused-ring (bicyclic) bond motifs is 10. The number of aromatic nitrogens is 3. The summed E-state index contributed by atoms with van der Waals surface area (Å²) in [4.78, 5) is 15.6. The molecule has 2 aromatic heterocycles. The molecular formula is C59H39N3. The quantitative estimate of drug-likeness (QED) is 0.168. The minimum Gasteiger partial charge on any atom is -0.256 e. The Bertz CT molecular complexity index is 3320. The fourth-order valence-electron chi connectivity index (χ4n) is 10.2. The van der Waals surface area contributed by atoms with Crippen LogP contribution in [0.4, 0.5) is 0 Å². The lowest BCUT2D eigenvalue weighted by atomic mass is 9.70. The predicted molar refractivity (Wildman–Crippen MR) is 253 cm³/mol. The number of aryl methyl sites for hydroxylation is 1. The fourth-order valence-corrected chi connectivity index (χ4v) is 10.2. The SMILES string of the molecule is Cc1ccnc(-c2ccccc2-c2ccc3c(c2)C2(c4ccccc4-c4ccccc42)c2cccc(-c4cc(-c5ccccc5)nc(-c5cccc(-c6ccccc6)c5)n4)c2-3)c1. The van der Waals surface area contributed by atoms with Crippen LogP contribution in [0, 0.1) is 6.92 Å². The Kier molecular flexibility index (Phi) is 8.29. The molecule has 2 heterocycles. The van der Waals surface area contributed by atoms with Crippen molar-refractivity contribution in [1.29, 1.82) is 0 Å². The van der Waals surface area contributed by atoms with Gasteiger partial charge in [0.05, 0.1) is 22.5 Å². The van der Waals surface area contributed by atoms with E-state index >= 15 is 0 Å². The third kappa shape index (κ3) is 5.56. The molecule has 0 saturated heterocycles. The maximum Gasteiger partial charge on any atom is 0.160 e. The van der Waals surface area contributed by atoms with Gasteiger partial charge in [-0.1, -0.05) is 182 Å². The molecule has 8 aromatic carbocycles. The van der Waals surface area contributed by atoms with Gasteiger partial charge in [-0.3, -0.25) is 4.98 Å². The largest absolute Gasteiger partial charge is 0.256 e. The molecule has 0 saturated carbocycles. The van der Waals surface area contributed by atoms with Gasteiger partial charge in [-0.25, -0.2) is 9.97 Å². The van der Waals surface area contributed by atoms with Gasteiger partial charge < -0.3 is 0 Å². The van der Waals surface area contributed by atoms with E-state index in [2.05, 4.69) is 219 Å². The van der Waals surface area contributed by atoms with Crippen LogP contribution < -0.4 is 0 Å². The van der Waals surface area contributed by atoms with Crippen molar-refractivity contribution in [3.8, 4) is 89.7 Å². The third-order valence-electron chi connectivity index (χ3n) is 12.8. The Labute approximate surface area is 361 Å². The van der Waals surface area contributed by atoms with Crippen LogP contribution in [0.2, 0.25) is 0 Å². The minimum absolute atomic E-state index is 0.553. The zero-order valence-corrected chi connectivity index (χ0v) is 34.1. The predicted octanol–water partition coefficient (Wildman–Crippen LogP) is 14.5. The van der Waals surface area contributed by atoms with Crippen molar-refractivity contribution in [3.05, 3.63) is 246 Å². The van der Waals surface area contributed by atoms with Crippen LogP contribution in [0.3, 0.4) is 0 Å². The summed E-state index contributed by atoms with van der Waals surface area (Å²) < 4.78 is 0. The monoisotopic (exact) mass is 789 g/mol. The first-order valence-electron chi connectivity index (χ1n) is 21.3. The molecule has 0 bridgehead atoms. The highest BCUT2D eigenvalue weighted by Gasteiger charge is 2.52. The number of hydrogen-bond donors (Lipinski definition) is 0. The summed E-state index contributed by atoms with van der Waals surface area (Å²) in [5.41, 5.74) is 22.3. The highest BCUT2D eigenvalue weighted by molar-refractivity contribution is 6.01. The van der Waals surface area contributed by atoms with E-state index in [0.29, 0.717) is 5.82 Å².